The summed E-state index contributed by atoms with van der Waals surface area (Å²) in [4.78, 5) is 59.6. The number of para-hydroxylation sites is 1. The first-order valence-electron chi connectivity index (χ1n) is 13.8. The van der Waals surface area contributed by atoms with Gasteiger partial charge in [-0.1, -0.05) is 30.3 Å². The van der Waals surface area contributed by atoms with E-state index in [1.54, 1.807) is 12.1 Å². The predicted molar refractivity (Wildman–Crippen MR) is 150 cm³/mol. The number of benzene rings is 2. The summed E-state index contributed by atoms with van der Waals surface area (Å²) < 4.78 is 5.35. The summed E-state index contributed by atoms with van der Waals surface area (Å²) in [5, 5.41) is 8.97. The minimum absolute atomic E-state index is 0.0169. The Bertz CT molecular complexity index is 1520. The molecule has 5 amide bonds. The zero-order valence-electron chi connectivity index (χ0n) is 22.8. The molecule has 3 aliphatic heterocycles. The fraction of sp³-hybridized carbons (Fsp3) is 0.367. The van der Waals surface area contributed by atoms with E-state index in [-0.39, 0.29) is 31.4 Å². The molecule has 3 saturated heterocycles. The maximum atomic E-state index is 13.3. The quantitative estimate of drug-likeness (QED) is 0.386. The molecule has 4 heterocycles. The van der Waals surface area contributed by atoms with Gasteiger partial charge in [0.15, 0.2) is 5.54 Å². The van der Waals surface area contributed by atoms with Gasteiger partial charge in [0.05, 0.1) is 37.9 Å². The molecule has 3 aliphatic rings. The third-order valence-corrected chi connectivity index (χ3v) is 8.07. The maximum Gasteiger partial charge on any atom is 0.322 e. The summed E-state index contributed by atoms with van der Waals surface area (Å²) in [5.74, 6) is -1.10. The number of nitrogens with zero attached hydrogens (tertiary/aromatic N) is 3. The molecular formula is C30H32N6O5. The number of ether oxygens (including phenoxy) is 1. The summed E-state index contributed by atoms with van der Waals surface area (Å²) in [5.41, 5.74) is 3.08. The Kier molecular flexibility index (Phi) is 7.14. The Morgan fingerprint density at radius 1 is 1.10 bits per heavy atom. The standard InChI is InChI=1S/C30H32N6O5/c1-19-14-22(23-4-2-3-5-24(23)31-19)15-20-6-8-21(9-7-20)27(38)32-25-16-36(18-30(25)28(39)33-29(40)34-30)26(37)17-35-10-12-41-13-11-35/h2-9,14,25H,10-13,15-18H2,1H3,(H,32,38)(H2,33,34,39,40)/t25-,30+/m1/s1. The fourth-order valence-corrected chi connectivity index (χ4v) is 5.90. The summed E-state index contributed by atoms with van der Waals surface area (Å²) in [6.07, 6.45) is 0.684. The molecule has 11 heteroatoms. The van der Waals surface area contributed by atoms with Gasteiger partial charge in [0.2, 0.25) is 5.91 Å². The van der Waals surface area contributed by atoms with Gasteiger partial charge < -0.3 is 20.3 Å². The maximum absolute atomic E-state index is 13.3. The van der Waals surface area contributed by atoms with Gasteiger partial charge in [-0.3, -0.25) is 29.6 Å². The van der Waals surface area contributed by atoms with Crippen molar-refractivity contribution in [3.8, 4) is 0 Å². The highest BCUT2D eigenvalue weighted by molar-refractivity contribution is 6.09. The van der Waals surface area contributed by atoms with Crippen molar-refractivity contribution in [2.75, 3.05) is 45.9 Å². The Labute approximate surface area is 237 Å². The van der Waals surface area contributed by atoms with E-state index in [1.165, 1.54) is 4.90 Å². The number of nitrogens with one attached hydrogen (secondary N) is 3. The van der Waals surface area contributed by atoms with Gasteiger partial charge >= 0.3 is 6.03 Å². The van der Waals surface area contributed by atoms with Crippen molar-refractivity contribution in [2.45, 2.75) is 24.9 Å². The van der Waals surface area contributed by atoms with Crippen LogP contribution in [0.25, 0.3) is 10.9 Å². The molecule has 2 atom stereocenters. The number of hydrogen-bond donors (Lipinski definition) is 3. The average Bonchev–Trinajstić information content (AvgIpc) is 3.47. The highest BCUT2D eigenvalue weighted by Gasteiger charge is 2.58. The molecule has 2 aromatic carbocycles. The SMILES string of the molecule is Cc1cc(Cc2ccc(C(=O)N[C@@H]3CN(C(=O)CN4CCOCC4)C[C@]34NC(=O)NC4=O)cc2)c2ccccc2n1. The molecule has 0 bridgehead atoms. The first-order chi connectivity index (χ1) is 19.8. The predicted octanol–water partition coefficient (Wildman–Crippen LogP) is 0.985. The Morgan fingerprint density at radius 3 is 2.59 bits per heavy atom. The Balaban J connectivity index is 1.16. The van der Waals surface area contributed by atoms with Crippen molar-refractivity contribution >= 4 is 34.7 Å². The van der Waals surface area contributed by atoms with E-state index in [2.05, 4.69) is 33.1 Å². The van der Waals surface area contributed by atoms with Gasteiger partial charge in [0.1, 0.15) is 0 Å². The van der Waals surface area contributed by atoms with Gasteiger partial charge in [-0.15, -0.1) is 0 Å². The number of carbonyl (C=O) groups is 4. The van der Waals surface area contributed by atoms with E-state index in [0.29, 0.717) is 38.3 Å². The second-order valence-corrected chi connectivity index (χ2v) is 10.9. The number of amides is 5. The minimum atomic E-state index is -1.42. The van der Waals surface area contributed by atoms with Gasteiger partial charge in [-0.2, -0.15) is 0 Å². The van der Waals surface area contributed by atoms with Crippen LogP contribution in [-0.2, 0) is 20.7 Å². The molecule has 0 radical (unpaired) electrons. The van der Waals surface area contributed by atoms with E-state index in [0.717, 1.165) is 27.7 Å². The molecule has 41 heavy (non-hydrogen) atoms. The number of urea groups is 1. The Hall–Kier alpha value is -4.35. The smallest absolute Gasteiger partial charge is 0.322 e. The third-order valence-electron chi connectivity index (χ3n) is 8.07. The summed E-state index contributed by atoms with van der Waals surface area (Å²) in [7, 11) is 0. The average molecular weight is 557 g/mol. The second kappa shape index (κ2) is 10.9. The lowest BCUT2D eigenvalue weighted by Gasteiger charge is -2.28. The normalized spacial score (nSPS) is 22.7. The minimum Gasteiger partial charge on any atom is -0.379 e. The van der Waals surface area contributed by atoms with Gasteiger partial charge in [-0.05, 0) is 48.7 Å². The van der Waals surface area contributed by atoms with Gasteiger partial charge in [0.25, 0.3) is 11.8 Å². The van der Waals surface area contributed by atoms with Crippen molar-refractivity contribution < 1.29 is 23.9 Å². The van der Waals surface area contributed by atoms with Crippen LogP contribution in [0, 0.1) is 6.92 Å². The number of fused-ring (bicyclic) bond motifs is 1. The zero-order valence-corrected chi connectivity index (χ0v) is 22.8. The lowest BCUT2D eigenvalue weighted by molar-refractivity contribution is -0.133. The van der Waals surface area contributed by atoms with Crippen LogP contribution in [0.15, 0.2) is 54.6 Å². The highest BCUT2D eigenvalue weighted by atomic mass is 16.5. The zero-order chi connectivity index (χ0) is 28.6. The van der Waals surface area contributed by atoms with Crippen LogP contribution in [0.2, 0.25) is 0 Å². The number of aromatic nitrogens is 1. The number of pyridine rings is 1. The van der Waals surface area contributed by atoms with Crippen LogP contribution in [0.5, 0.6) is 0 Å². The number of morpholine rings is 1. The van der Waals surface area contributed by atoms with E-state index < -0.39 is 23.5 Å². The molecule has 6 rings (SSSR count). The molecule has 3 fully saturated rings. The summed E-state index contributed by atoms with van der Waals surface area (Å²) in [6, 6.07) is 16.0. The fourth-order valence-electron chi connectivity index (χ4n) is 5.90. The van der Waals surface area contributed by atoms with Crippen molar-refractivity contribution in [2.24, 2.45) is 0 Å². The van der Waals surface area contributed by atoms with Crippen molar-refractivity contribution in [1.29, 1.82) is 0 Å². The van der Waals surface area contributed by atoms with Gasteiger partial charge in [-0.25, -0.2) is 4.79 Å². The van der Waals surface area contributed by atoms with Crippen LogP contribution >= 0.6 is 0 Å². The van der Waals surface area contributed by atoms with Crippen molar-refractivity contribution in [1.82, 2.24) is 30.7 Å². The monoisotopic (exact) mass is 556 g/mol. The topological polar surface area (TPSA) is 133 Å². The van der Waals surface area contributed by atoms with Crippen LogP contribution in [0.1, 0.15) is 27.2 Å². The van der Waals surface area contributed by atoms with Crippen molar-refractivity contribution in [3.05, 3.63) is 77.0 Å². The third kappa shape index (κ3) is 5.38. The molecule has 212 valence electrons. The number of likely N-dealkylation sites (tertiary alicyclic amines) is 1. The molecule has 1 aromatic heterocycles. The van der Waals surface area contributed by atoms with E-state index in [9.17, 15) is 19.2 Å². The first kappa shape index (κ1) is 26.9. The number of carbonyl (C=O) groups excluding carboxylic acids is 4. The summed E-state index contributed by atoms with van der Waals surface area (Å²) in [6.45, 7) is 4.67. The second-order valence-electron chi connectivity index (χ2n) is 10.9. The van der Waals surface area contributed by atoms with Crippen LogP contribution in [0.4, 0.5) is 4.79 Å². The molecule has 1 spiro atoms. The molecule has 0 aliphatic carbocycles. The van der Waals surface area contributed by atoms with Crippen LogP contribution in [0.3, 0.4) is 0 Å². The molecule has 0 saturated carbocycles. The molecule has 0 unspecified atom stereocenters. The number of imide groups is 1. The van der Waals surface area contributed by atoms with E-state index in [1.807, 2.05) is 42.2 Å². The summed E-state index contributed by atoms with van der Waals surface area (Å²) >= 11 is 0. The highest BCUT2D eigenvalue weighted by Crippen LogP contribution is 2.27. The van der Waals surface area contributed by atoms with Crippen molar-refractivity contribution in [3.63, 3.8) is 0 Å². The number of aryl methyl sites for hydroxylation is 1. The van der Waals surface area contributed by atoms with E-state index in [4.69, 9.17) is 4.74 Å². The van der Waals surface area contributed by atoms with Gasteiger partial charge in [0, 0.05) is 36.3 Å². The number of hydrogen-bond acceptors (Lipinski definition) is 7. The van der Waals surface area contributed by atoms with Crippen LogP contribution < -0.4 is 16.0 Å². The number of rotatable bonds is 6. The molecule has 11 nitrogen and oxygen atoms in total. The molecule has 3 aromatic rings. The largest absolute Gasteiger partial charge is 0.379 e. The van der Waals surface area contributed by atoms with Crippen LogP contribution in [-0.4, -0.2) is 96.1 Å². The molecular weight excluding hydrogens is 524 g/mol. The Morgan fingerprint density at radius 2 is 1.85 bits per heavy atom. The molecule has 3 N–H and O–H groups in total. The van der Waals surface area contributed by atoms with E-state index >= 15 is 0 Å². The lowest BCUT2D eigenvalue weighted by atomic mass is 9.93. The lowest BCUT2D eigenvalue weighted by Crippen LogP contribution is -2.62. The first-order valence-corrected chi connectivity index (χ1v) is 13.8.